The van der Waals surface area contributed by atoms with Crippen LogP contribution in [0.15, 0.2) is 24.3 Å². The van der Waals surface area contributed by atoms with Gasteiger partial charge in [-0.1, -0.05) is 45.8 Å². The molecule has 0 rings (SSSR count). The van der Waals surface area contributed by atoms with Crippen LogP contribution in [-0.4, -0.2) is 56.5 Å². The van der Waals surface area contributed by atoms with Crippen LogP contribution >= 0.6 is 0 Å². The van der Waals surface area contributed by atoms with E-state index in [1.807, 2.05) is 6.92 Å². The molecule has 0 aromatic rings. The van der Waals surface area contributed by atoms with Crippen molar-refractivity contribution in [3.8, 4) is 0 Å². The number of carbonyl (C=O) groups excluding carboxylic acids is 3. The van der Waals surface area contributed by atoms with E-state index in [1.165, 1.54) is 13.8 Å². The number of esters is 3. The topological polar surface area (TPSA) is 133 Å². The van der Waals surface area contributed by atoms with Gasteiger partial charge >= 0.3 is 17.9 Å². The SMILES string of the molecule is C=C(C)C(=O)OCC(CCCCCC)(COC(=O)C(=C)C)C(=O)OCCCCS(=O)(=O)O. The van der Waals surface area contributed by atoms with E-state index in [2.05, 4.69) is 13.2 Å². The van der Waals surface area contributed by atoms with Crippen molar-refractivity contribution in [1.82, 2.24) is 0 Å². The molecule has 0 aliphatic carbocycles. The zero-order valence-electron chi connectivity index (χ0n) is 19.3. The second-order valence-electron chi connectivity index (χ2n) is 7.93. The molecule has 10 heteroatoms. The Hall–Kier alpha value is -2.20. The molecule has 184 valence electrons. The fraction of sp³-hybridized carbons (Fsp3) is 0.682. The van der Waals surface area contributed by atoms with Gasteiger partial charge in [-0.2, -0.15) is 8.42 Å². The van der Waals surface area contributed by atoms with Crippen molar-refractivity contribution in [3.63, 3.8) is 0 Å². The first-order valence-electron chi connectivity index (χ1n) is 10.6. The van der Waals surface area contributed by atoms with Gasteiger partial charge in [0.2, 0.25) is 0 Å². The van der Waals surface area contributed by atoms with Crippen molar-refractivity contribution in [2.75, 3.05) is 25.6 Å². The van der Waals surface area contributed by atoms with Gasteiger partial charge in [-0.25, -0.2) is 9.59 Å². The van der Waals surface area contributed by atoms with Gasteiger partial charge in [-0.3, -0.25) is 9.35 Å². The van der Waals surface area contributed by atoms with Crippen LogP contribution in [0.3, 0.4) is 0 Å². The summed E-state index contributed by atoms with van der Waals surface area (Å²) in [4.78, 5) is 36.9. The van der Waals surface area contributed by atoms with E-state index in [1.54, 1.807) is 0 Å². The molecule has 0 amide bonds. The highest BCUT2D eigenvalue weighted by atomic mass is 32.2. The van der Waals surface area contributed by atoms with Crippen LogP contribution in [0.4, 0.5) is 0 Å². The summed E-state index contributed by atoms with van der Waals surface area (Å²) in [6, 6.07) is 0. The number of hydrogen-bond donors (Lipinski definition) is 1. The molecule has 0 radical (unpaired) electrons. The Bertz CT molecular complexity index is 738. The maximum absolute atomic E-state index is 13.0. The van der Waals surface area contributed by atoms with E-state index in [-0.39, 0.29) is 50.2 Å². The summed E-state index contributed by atoms with van der Waals surface area (Å²) in [6.45, 7) is 11.2. The molecule has 0 saturated carbocycles. The van der Waals surface area contributed by atoms with Gasteiger partial charge in [0.05, 0.1) is 12.4 Å². The van der Waals surface area contributed by atoms with Gasteiger partial charge in [0, 0.05) is 11.1 Å². The molecule has 0 heterocycles. The molecule has 0 bridgehead atoms. The third kappa shape index (κ3) is 12.6. The van der Waals surface area contributed by atoms with E-state index in [0.717, 1.165) is 19.3 Å². The minimum atomic E-state index is -4.10. The predicted octanol–water partition coefficient (Wildman–Crippen LogP) is 3.39. The van der Waals surface area contributed by atoms with E-state index >= 15 is 0 Å². The normalized spacial score (nSPS) is 11.5. The van der Waals surface area contributed by atoms with Crippen molar-refractivity contribution in [1.29, 1.82) is 0 Å². The molecular weight excluding hydrogens is 440 g/mol. The molecule has 0 spiro atoms. The lowest BCUT2D eigenvalue weighted by Gasteiger charge is -2.30. The van der Waals surface area contributed by atoms with E-state index in [0.29, 0.717) is 6.42 Å². The maximum atomic E-state index is 13.0. The maximum Gasteiger partial charge on any atom is 0.333 e. The summed E-state index contributed by atoms with van der Waals surface area (Å²) in [5.74, 6) is -2.53. The van der Waals surface area contributed by atoms with Gasteiger partial charge in [-0.15, -0.1) is 0 Å². The standard InChI is InChI=1S/C22H36O9S/c1-6-7-8-9-12-22(15-30-19(23)17(2)3,16-31-20(24)18(4)5)21(25)29-13-10-11-14-32(26,27)28/h2,4,6-16H2,1,3,5H3,(H,26,27,28). The minimum Gasteiger partial charge on any atom is -0.465 e. The van der Waals surface area contributed by atoms with Crippen molar-refractivity contribution in [2.45, 2.75) is 65.7 Å². The highest BCUT2D eigenvalue weighted by molar-refractivity contribution is 7.85. The summed E-state index contributed by atoms with van der Waals surface area (Å²) in [6.07, 6.45) is 3.91. The van der Waals surface area contributed by atoms with E-state index < -0.39 is 39.2 Å². The molecule has 0 atom stereocenters. The Kier molecular flexibility index (Phi) is 13.8. The zero-order valence-corrected chi connectivity index (χ0v) is 20.1. The van der Waals surface area contributed by atoms with Gasteiger partial charge in [0.15, 0.2) is 0 Å². The van der Waals surface area contributed by atoms with E-state index in [9.17, 15) is 22.8 Å². The highest BCUT2D eigenvalue weighted by Crippen LogP contribution is 2.30. The van der Waals surface area contributed by atoms with Crippen molar-refractivity contribution in [3.05, 3.63) is 24.3 Å². The van der Waals surface area contributed by atoms with Gasteiger partial charge in [-0.05, 0) is 33.1 Å². The Morgan fingerprint density at radius 2 is 1.38 bits per heavy atom. The number of hydrogen-bond acceptors (Lipinski definition) is 8. The summed E-state index contributed by atoms with van der Waals surface area (Å²) in [7, 11) is -4.10. The molecular formula is C22H36O9S. The van der Waals surface area contributed by atoms with Gasteiger partial charge < -0.3 is 14.2 Å². The molecule has 0 aromatic carbocycles. The average Bonchev–Trinajstić information content (AvgIpc) is 2.70. The smallest absolute Gasteiger partial charge is 0.333 e. The first kappa shape index (κ1) is 29.8. The van der Waals surface area contributed by atoms with Crippen molar-refractivity contribution < 1.29 is 41.6 Å². The lowest BCUT2D eigenvalue weighted by Crippen LogP contribution is -2.43. The summed E-state index contributed by atoms with van der Waals surface area (Å²) in [5, 5.41) is 0. The lowest BCUT2D eigenvalue weighted by molar-refractivity contribution is -0.171. The number of ether oxygens (including phenoxy) is 3. The second kappa shape index (κ2) is 14.8. The monoisotopic (exact) mass is 476 g/mol. The van der Waals surface area contributed by atoms with Crippen molar-refractivity contribution in [2.24, 2.45) is 5.41 Å². The molecule has 32 heavy (non-hydrogen) atoms. The van der Waals surface area contributed by atoms with Gasteiger partial charge in [0.1, 0.15) is 18.6 Å². The number of unbranched alkanes of at least 4 members (excludes halogenated alkanes) is 4. The summed E-state index contributed by atoms with van der Waals surface area (Å²) >= 11 is 0. The van der Waals surface area contributed by atoms with Crippen LogP contribution in [0.5, 0.6) is 0 Å². The Labute approximate surface area is 190 Å². The molecule has 0 aromatic heterocycles. The molecule has 0 aliphatic heterocycles. The number of carbonyl (C=O) groups is 3. The quantitative estimate of drug-likeness (QED) is 0.110. The first-order valence-corrected chi connectivity index (χ1v) is 12.2. The molecule has 9 nitrogen and oxygen atoms in total. The van der Waals surface area contributed by atoms with E-state index in [4.69, 9.17) is 18.8 Å². The van der Waals surface area contributed by atoms with Crippen molar-refractivity contribution >= 4 is 28.0 Å². The largest absolute Gasteiger partial charge is 0.465 e. The Morgan fingerprint density at radius 1 is 0.844 bits per heavy atom. The second-order valence-corrected chi connectivity index (χ2v) is 9.51. The fourth-order valence-electron chi connectivity index (χ4n) is 2.65. The van der Waals surface area contributed by atoms with Crippen LogP contribution in [-0.2, 0) is 38.7 Å². The highest BCUT2D eigenvalue weighted by Gasteiger charge is 2.43. The Morgan fingerprint density at radius 3 is 1.81 bits per heavy atom. The van der Waals surface area contributed by atoms with Crippen LogP contribution in [0.2, 0.25) is 0 Å². The average molecular weight is 477 g/mol. The first-order chi connectivity index (χ1) is 14.8. The third-order valence-corrected chi connectivity index (χ3v) is 5.43. The Balaban J connectivity index is 5.45. The number of rotatable bonds is 17. The molecule has 0 fully saturated rings. The van der Waals surface area contributed by atoms with Crippen LogP contribution < -0.4 is 0 Å². The summed E-state index contributed by atoms with van der Waals surface area (Å²) in [5.41, 5.74) is -1.11. The lowest BCUT2D eigenvalue weighted by atomic mass is 9.83. The molecule has 0 aliphatic rings. The third-order valence-electron chi connectivity index (χ3n) is 4.63. The van der Waals surface area contributed by atoms with Crippen LogP contribution in [0, 0.1) is 5.41 Å². The molecule has 0 unspecified atom stereocenters. The molecule has 1 N–H and O–H groups in total. The fourth-order valence-corrected chi connectivity index (χ4v) is 3.22. The van der Waals surface area contributed by atoms with Crippen LogP contribution in [0.25, 0.3) is 0 Å². The summed E-state index contributed by atoms with van der Waals surface area (Å²) < 4.78 is 46.2. The van der Waals surface area contributed by atoms with Gasteiger partial charge in [0.25, 0.3) is 10.1 Å². The minimum absolute atomic E-state index is 0.102. The molecule has 0 saturated heterocycles. The zero-order chi connectivity index (χ0) is 24.8. The predicted molar refractivity (Wildman–Crippen MR) is 119 cm³/mol. The van der Waals surface area contributed by atoms with Crippen LogP contribution in [0.1, 0.15) is 65.7 Å².